The zero-order chi connectivity index (χ0) is 22.7. The van der Waals surface area contributed by atoms with Gasteiger partial charge in [-0.3, -0.25) is 25.2 Å². The van der Waals surface area contributed by atoms with Crippen molar-refractivity contribution in [1.82, 2.24) is 20.6 Å². The van der Waals surface area contributed by atoms with Crippen LogP contribution in [0.3, 0.4) is 0 Å². The highest BCUT2D eigenvalue weighted by molar-refractivity contribution is 6.42. The van der Waals surface area contributed by atoms with Gasteiger partial charge in [-0.15, -0.1) is 0 Å². The normalized spacial score (nSPS) is 10.7. The molecule has 3 aromatic carbocycles. The Hall–Kier alpha value is -3.68. The average molecular weight is 467 g/mol. The molecule has 0 aliphatic carbocycles. The molecule has 2 amide bonds. The molecule has 4 rings (SSSR count). The molecule has 4 aromatic rings. The third-order valence-corrected chi connectivity index (χ3v) is 5.47. The van der Waals surface area contributed by atoms with Gasteiger partial charge in [0.1, 0.15) is 0 Å². The Morgan fingerprint density at radius 2 is 1.47 bits per heavy atom. The second-order valence-corrected chi connectivity index (χ2v) is 7.69. The van der Waals surface area contributed by atoms with Crippen molar-refractivity contribution in [2.24, 2.45) is 0 Å². The maximum Gasteiger partial charge on any atom is 0.290 e. The number of hydrogen-bond donors (Lipinski definition) is 2. The Kier molecular flexibility index (Phi) is 6.20. The van der Waals surface area contributed by atoms with Crippen LogP contribution >= 0.6 is 23.2 Å². The fraction of sp³-hybridized carbons (Fsp3) is 0.0435. The van der Waals surface area contributed by atoms with Gasteiger partial charge in [-0.1, -0.05) is 71.7 Å². The Labute approximate surface area is 192 Å². The van der Waals surface area contributed by atoms with Crippen molar-refractivity contribution in [1.29, 1.82) is 0 Å². The number of amides is 2. The summed E-state index contributed by atoms with van der Waals surface area (Å²) in [5.74, 6) is -1.25. The van der Waals surface area contributed by atoms with Crippen LogP contribution in [-0.4, -0.2) is 21.6 Å². The lowest BCUT2D eigenvalue weighted by atomic mass is 10.1. The Bertz CT molecular complexity index is 1390. The van der Waals surface area contributed by atoms with Crippen LogP contribution in [0.1, 0.15) is 26.4 Å². The maximum absolute atomic E-state index is 12.9. The molecule has 0 saturated carbocycles. The second kappa shape index (κ2) is 9.21. The number of nitrogens with one attached hydrogen (secondary N) is 2. The number of hydrazine groups is 1. The van der Waals surface area contributed by atoms with E-state index in [1.54, 1.807) is 24.3 Å². The maximum atomic E-state index is 12.9. The Morgan fingerprint density at radius 3 is 2.19 bits per heavy atom. The molecule has 0 fully saturated rings. The van der Waals surface area contributed by atoms with E-state index in [9.17, 15) is 14.4 Å². The lowest BCUT2D eigenvalue weighted by Gasteiger charge is -2.12. The highest BCUT2D eigenvalue weighted by atomic mass is 35.5. The van der Waals surface area contributed by atoms with Gasteiger partial charge >= 0.3 is 0 Å². The summed E-state index contributed by atoms with van der Waals surface area (Å²) >= 11 is 11.8. The molecule has 160 valence electrons. The van der Waals surface area contributed by atoms with Gasteiger partial charge in [0.25, 0.3) is 17.4 Å². The smallest absolute Gasteiger partial charge is 0.267 e. The van der Waals surface area contributed by atoms with Crippen molar-refractivity contribution in [3.63, 3.8) is 0 Å². The van der Waals surface area contributed by atoms with Crippen LogP contribution < -0.4 is 16.4 Å². The first kappa shape index (κ1) is 21.5. The molecular formula is C23H16Cl2N4O3. The molecule has 1 aromatic heterocycles. The van der Waals surface area contributed by atoms with Crippen molar-refractivity contribution in [3.8, 4) is 0 Å². The molecule has 32 heavy (non-hydrogen) atoms. The monoisotopic (exact) mass is 466 g/mol. The number of halogens is 2. The number of carbonyl (C=O) groups is 2. The van der Waals surface area contributed by atoms with E-state index in [0.717, 1.165) is 5.56 Å². The number of benzene rings is 3. The highest BCUT2D eigenvalue weighted by Crippen LogP contribution is 2.22. The number of fused-ring (bicyclic) bond motifs is 1. The summed E-state index contributed by atoms with van der Waals surface area (Å²) in [4.78, 5) is 38.1. The van der Waals surface area contributed by atoms with Crippen LogP contribution in [0.15, 0.2) is 77.6 Å². The van der Waals surface area contributed by atoms with Gasteiger partial charge in [-0.2, -0.15) is 5.10 Å². The van der Waals surface area contributed by atoms with Gasteiger partial charge in [0, 0.05) is 10.9 Å². The van der Waals surface area contributed by atoms with Crippen molar-refractivity contribution in [3.05, 3.63) is 110 Å². The predicted octanol–water partition coefficient (Wildman–Crippen LogP) is 3.83. The van der Waals surface area contributed by atoms with Crippen LogP contribution in [0.2, 0.25) is 10.0 Å². The molecule has 0 saturated heterocycles. The molecular weight excluding hydrogens is 451 g/mol. The average Bonchev–Trinajstić information content (AvgIpc) is 2.81. The second-order valence-electron chi connectivity index (χ2n) is 6.88. The van der Waals surface area contributed by atoms with Crippen LogP contribution in [-0.2, 0) is 6.54 Å². The van der Waals surface area contributed by atoms with Gasteiger partial charge in [0.2, 0.25) is 0 Å². The molecule has 1 heterocycles. The standard InChI is InChI=1S/C23H16Cl2N4O3/c24-18-11-10-15(12-19(18)25)21(30)26-27-22(31)20-16-8-4-5-9-17(16)23(32)29(28-20)13-14-6-2-1-3-7-14/h1-12H,13H2,(H,26,30)(H,27,31). The number of hydrogen-bond acceptors (Lipinski definition) is 4. The molecule has 0 radical (unpaired) electrons. The van der Waals surface area contributed by atoms with E-state index < -0.39 is 11.8 Å². The summed E-state index contributed by atoms with van der Waals surface area (Å²) < 4.78 is 1.23. The van der Waals surface area contributed by atoms with Crippen molar-refractivity contribution in [2.45, 2.75) is 6.54 Å². The van der Waals surface area contributed by atoms with Crippen molar-refractivity contribution in [2.75, 3.05) is 0 Å². The Morgan fingerprint density at radius 1 is 0.812 bits per heavy atom. The Balaban J connectivity index is 1.63. The summed E-state index contributed by atoms with van der Waals surface area (Å²) in [5, 5.41) is 5.52. The summed E-state index contributed by atoms with van der Waals surface area (Å²) in [6, 6.07) is 20.3. The lowest BCUT2D eigenvalue weighted by Crippen LogP contribution is -2.42. The van der Waals surface area contributed by atoms with Crippen LogP contribution in [0.4, 0.5) is 0 Å². The van der Waals surface area contributed by atoms with E-state index in [4.69, 9.17) is 23.2 Å². The number of nitrogens with zero attached hydrogens (tertiary/aromatic N) is 2. The molecule has 0 bridgehead atoms. The van der Waals surface area contributed by atoms with Gasteiger partial charge in [0.15, 0.2) is 5.69 Å². The van der Waals surface area contributed by atoms with Gasteiger partial charge in [-0.25, -0.2) is 4.68 Å². The molecule has 0 aliphatic heterocycles. The summed E-state index contributed by atoms with van der Waals surface area (Å²) in [6.45, 7) is 0.195. The molecule has 9 heteroatoms. The summed E-state index contributed by atoms with van der Waals surface area (Å²) in [7, 11) is 0. The third kappa shape index (κ3) is 4.49. The van der Waals surface area contributed by atoms with E-state index in [1.165, 1.54) is 22.9 Å². The molecule has 0 spiro atoms. The fourth-order valence-electron chi connectivity index (χ4n) is 3.15. The van der Waals surface area contributed by atoms with Gasteiger partial charge < -0.3 is 0 Å². The number of rotatable bonds is 4. The van der Waals surface area contributed by atoms with Crippen LogP contribution in [0.5, 0.6) is 0 Å². The number of aromatic nitrogens is 2. The van der Waals surface area contributed by atoms with E-state index in [1.807, 2.05) is 30.3 Å². The molecule has 0 aliphatic rings. The van der Waals surface area contributed by atoms with E-state index >= 15 is 0 Å². The minimum absolute atomic E-state index is 0.00516. The van der Waals surface area contributed by atoms with E-state index in [0.29, 0.717) is 15.8 Å². The molecule has 0 atom stereocenters. The SMILES string of the molecule is O=C(NNC(=O)c1nn(Cc2ccccc2)c(=O)c2ccccc12)c1ccc(Cl)c(Cl)c1. The first-order chi connectivity index (χ1) is 15.4. The summed E-state index contributed by atoms with van der Waals surface area (Å²) in [6.07, 6.45) is 0. The van der Waals surface area contributed by atoms with Crippen molar-refractivity contribution < 1.29 is 9.59 Å². The number of carbonyl (C=O) groups excluding carboxylic acids is 2. The van der Waals surface area contributed by atoms with Gasteiger partial charge in [0.05, 0.1) is 22.0 Å². The largest absolute Gasteiger partial charge is 0.290 e. The minimum atomic E-state index is -0.670. The van der Waals surface area contributed by atoms with Crippen molar-refractivity contribution >= 4 is 45.8 Å². The zero-order valence-corrected chi connectivity index (χ0v) is 18.0. The summed E-state index contributed by atoms with van der Waals surface area (Å²) in [5.41, 5.74) is 5.43. The zero-order valence-electron chi connectivity index (χ0n) is 16.5. The van der Waals surface area contributed by atoms with E-state index in [-0.39, 0.29) is 28.4 Å². The first-order valence-electron chi connectivity index (χ1n) is 9.53. The molecule has 7 nitrogen and oxygen atoms in total. The van der Waals surface area contributed by atoms with Crippen LogP contribution in [0, 0.1) is 0 Å². The fourth-order valence-corrected chi connectivity index (χ4v) is 3.45. The molecule has 2 N–H and O–H groups in total. The van der Waals surface area contributed by atoms with E-state index in [2.05, 4.69) is 16.0 Å². The third-order valence-electron chi connectivity index (χ3n) is 4.73. The molecule has 0 unspecified atom stereocenters. The lowest BCUT2D eigenvalue weighted by molar-refractivity contribution is 0.0843. The van der Waals surface area contributed by atoms with Crippen LogP contribution in [0.25, 0.3) is 10.8 Å². The topological polar surface area (TPSA) is 93.1 Å². The quantitative estimate of drug-likeness (QED) is 0.447. The predicted molar refractivity (Wildman–Crippen MR) is 123 cm³/mol. The van der Waals surface area contributed by atoms with Gasteiger partial charge in [-0.05, 0) is 29.8 Å². The first-order valence-corrected chi connectivity index (χ1v) is 10.3. The highest BCUT2D eigenvalue weighted by Gasteiger charge is 2.18. The minimum Gasteiger partial charge on any atom is -0.267 e.